The summed E-state index contributed by atoms with van der Waals surface area (Å²) in [7, 11) is 0. The predicted molar refractivity (Wildman–Crippen MR) is 135 cm³/mol. The number of nitrogens with one attached hydrogen (secondary N) is 1. The third-order valence-corrected chi connectivity index (χ3v) is 7.27. The van der Waals surface area contributed by atoms with Crippen LogP contribution in [0.25, 0.3) is 0 Å². The molecule has 0 heterocycles. The van der Waals surface area contributed by atoms with Gasteiger partial charge in [0.15, 0.2) is 0 Å². The van der Waals surface area contributed by atoms with E-state index in [2.05, 4.69) is 26.1 Å². The second kappa shape index (κ2) is 12.1. The highest BCUT2D eigenvalue weighted by molar-refractivity contribution is 5.83. The predicted octanol–water partition coefficient (Wildman–Crippen LogP) is 5.47. The van der Waals surface area contributed by atoms with Crippen molar-refractivity contribution in [3.05, 3.63) is 71.8 Å². The van der Waals surface area contributed by atoms with Gasteiger partial charge in [0.2, 0.25) is 5.91 Å². The molecule has 1 amide bonds. The Hall–Kier alpha value is -2.46. The maximum Gasteiger partial charge on any atom is 0.237 e. The zero-order valence-corrected chi connectivity index (χ0v) is 20.4. The van der Waals surface area contributed by atoms with Crippen molar-refractivity contribution < 1.29 is 9.59 Å². The van der Waals surface area contributed by atoms with E-state index < -0.39 is 6.04 Å². The zero-order valence-electron chi connectivity index (χ0n) is 20.4. The normalized spacial score (nSPS) is 22.5. The monoisotopic (exact) mass is 448 g/mol. The lowest BCUT2D eigenvalue weighted by atomic mass is 9.68. The van der Waals surface area contributed by atoms with Crippen LogP contribution in [0.15, 0.2) is 60.7 Å². The Labute approximate surface area is 199 Å². The number of carbonyl (C=O) groups excluding carboxylic acids is 2. The molecule has 0 radical (unpaired) electrons. The first kappa shape index (κ1) is 25.2. The average molecular weight is 449 g/mol. The molecule has 1 aliphatic rings. The van der Waals surface area contributed by atoms with Gasteiger partial charge in [-0.1, -0.05) is 87.9 Å². The maximum absolute atomic E-state index is 13.3. The highest BCUT2D eigenvalue weighted by atomic mass is 16.2. The van der Waals surface area contributed by atoms with Crippen molar-refractivity contribution in [2.24, 2.45) is 29.4 Å². The van der Waals surface area contributed by atoms with Crippen LogP contribution in [0.4, 0.5) is 0 Å². The van der Waals surface area contributed by atoms with Crippen LogP contribution in [0.5, 0.6) is 0 Å². The summed E-state index contributed by atoms with van der Waals surface area (Å²) in [6.07, 6.45) is 4.92. The van der Waals surface area contributed by atoms with Gasteiger partial charge in [-0.25, -0.2) is 0 Å². The molecule has 33 heavy (non-hydrogen) atoms. The van der Waals surface area contributed by atoms with Crippen LogP contribution < -0.4 is 11.1 Å². The average Bonchev–Trinajstić information content (AvgIpc) is 2.82. The number of nitrogens with two attached hydrogens (primary N) is 1. The van der Waals surface area contributed by atoms with Gasteiger partial charge < -0.3 is 11.1 Å². The molecule has 1 aliphatic carbocycles. The summed E-state index contributed by atoms with van der Waals surface area (Å²) in [6, 6.07) is 18.9. The molecule has 3 N–H and O–H groups in total. The highest BCUT2D eigenvalue weighted by Gasteiger charge is 2.35. The smallest absolute Gasteiger partial charge is 0.237 e. The second-order valence-electron chi connectivity index (χ2n) is 10.2. The van der Waals surface area contributed by atoms with Crippen LogP contribution in [0, 0.1) is 23.7 Å². The quantitative estimate of drug-likeness (QED) is 0.506. The van der Waals surface area contributed by atoms with Crippen LogP contribution >= 0.6 is 0 Å². The molecule has 0 spiro atoms. The summed E-state index contributed by atoms with van der Waals surface area (Å²) < 4.78 is 0. The molecule has 4 nitrogen and oxygen atoms in total. The van der Waals surface area contributed by atoms with Gasteiger partial charge in [0, 0.05) is 12.3 Å². The molecule has 0 aliphatic heterocycles. The van der Waals surface area contributed by atoms with E-state index in [0.717, 1.165) is 24.0 Å². The van der Waals surface area contributed by atoms with E-state index in [1.54, 1.807) is 0 Å². The Balaban J connectivity index is 1.66. The third-order valence-electron chi connectivity index (χ3n) is 7.27. The molecule has 2 aromatic carbocycles. The fourth-order valence-corrected chi connectivity index (χ4v) is 5.29. The van der Waals surface area contributed by atoms with Crippen molar-refractivity contribution in [1.82, 2.24) is 5.32 Å². The summed E-state index contributed by atoms with van der Waals surface area (Å²) in [4.78, 5) is 26.3. The minimum atomic E-state index is -0.626. The lowest BCUT2D eigenvalue weighted by Gasteiger charge is -2.36. The maximum atomic E-state index is 13.3. The molecule has 3 rings (SSSR count). The summed E-state index contributed by atoms with van der Waals surface area (Å²) >= 11 is 0. The molecule has 5 atom stereocenters. The van der Waals surface area contributed by atoms with E-state index in [-0.39, 0.29) is 17.9 Å². The van der Waals surface area contributed by atoms with Crippen LogP contribution in [0.2, 0.25) is 0 Å². The van der Waals surface area contributed by atoms with Gasteiger partial charge in [-0.05, 0) is 54.6 Å². The Morgan fingerprint density at radius 2 is 1.64 bits per heavy atom. The van der Waals surface area contributed by atoms with Crippen LogP contribution in [0.3, 0.4) is 0 Å². The van der Waals surface area contributed by atoms with Crippen molar-refractivity contribution >= 4 is 11.7 Å². The molecule has 0 bridgehead atoms. The molecule has 1 fully saturated rings. The number of hydrogen-bond acceptors (Lipinski definition) is 3. The van der Waals surface area contributed by atoms with Gasteiger partial charge in [-0.2, -0.15) is 0 Å². The first-order valence-electron chi connectivity index (χ1n) is 12.5. The molecule has 4 heteroatoms. The SMILES string of the molecule is CC(C)[C@@H]1CC[C@@H](C)C[C@H]1C(=O)CC[C@@H](NC(=O)[C@@H](N)Cc1ccccc1)c1ccccc1. The first-order valence-corrected chi connectivity index (χ1v) is 12.5. The van der Waals surface area contributed by atoms with E-state index in [1.807, 2.05) is 60.7 Å². The largest absolute Gasteiger partial charge is 0.348 e. The molecule has 0 aromatic heterocycles. The summed E-state index contributed by atoms with van der Waals surface area (Å²) in [5.41, 5.74) is 8.29. The molecular formula is C29H40N2O2. The molecule has 0 unspecified atom stereocenters. The molecular weight excluding hydrogens is 408 g/mol. The zero-order chi connectivity index (χ0) is 23.8. The first-order chi connectivity index (χ1) is 15.8. The van der Waals surface area contributed by atoms with Gasteiger partial charge in [-0.15, -0.1) is 0 Å². The van der Waals surface area contributed by atoms with Gasteiger partial charge in [0.1, 0.15) is 5.78 Å². The van der Waals surface area contributed by atoms with E-state index in [9.17, 15) is 9.59 Å². The molecule has 2 aromatic rings. The second-order valence-corrected chi connectivity index (χ2v) is 10.2. The molecule has 1 saturated carbocycles. The van der Waals surface area contributed by atoms with E-state index in [1.165, 1.54) is 6.42 Å². The lowest BCUT2D eigenvalue weighted by molar-refractivity contribution is -0.128. The number of carbonyl (C=O) groups is 2. The number of rotatable bonds is 10. The summed E-state index contributed by atoms with van der Waals surface area (Å²) in [5.74, 6) is 1.91. The van der Waals surface area contributed by atoms with Crippen molar-refractivity contribution in [2.45, 2.75) is 71.4 Å². The van der Waals surface area contributed by atoms with E-state index in [4.69, 9.17) is 5.73 Å². The van der Waals surface area contributed by atoms with Crippen molar-refractivity contribution in [3.63, 3.8) is 0 Å². The van der Waals surface area contributed by atoms with Crippen molar-refractivity contribution in [1.29, 1.82) is 0 Å². The standard InChI is InChI=1S/C29H40N2O2/c1-20(2)24-15-14-21(3)18-25(24)28(32)17-16-27(23-12-8-5-9-13-23)31-29(33)26(30)19-22-10-6-4-7-11-22/h4-13,20-21,24-27H,14-19,30H2,1-3H3,(H,31,33)/t21-,24+,25-,26+,27-/m1/s1. The van der Waals surface area contributed by atoms with Gasteiger partial charge in [0.05, 0.1) is 12.1 Å². The third kappa shape index (κ3) is 7.26. The Bertz CT molecular complexity index is 881. The van der Waals surface area contributed by atoms with Crippen molar-refractivity contribution in [2.75, 3.05) is 0 Å². The van der Waals surface area contributed by atoms with Crippen molar-refractivity contribution in [3.8, 4) is 0 Å². The number of Topliss-reactive ketones (excluding diaryl/α,β-unsaturated/α-hetero) is 1. The van der Waals surface area contributed by atoms with E-state index in [0.29, 0.717) is 42.8 Å². The summed E-state index contributed by atoms with van der Waals surface area (Å²) in [5, 5.41) is 3.14. The molecule has 178 valence electrons. The van der Waals surface area contributed by atoms with Crippen LogP contribution in [-0.2, 0) is 16.0 Å². The van der Waals surface area contributed by atoms with Crippen LogP contribution in [-0.4, -0.2) is 17.7 Å². The fourth-order valence-electron chi connectivity index (χ4n) is 5.29. The molecule has 0 saturated heterocycles. The lowest BCUT2D eigenvalue weighted by Crippen LogP contribution is -2.43. The van der Waals surface area contributed by atoms with Gasteiger partial charge in [0.25, 0.3) is 0 Å². The number of amides is 1. The van der Waals surface area contributed by atoms with Gasteiger partial charge in [-0.3, -0.25) is 9.59 Å². The fraction of sp³-hybridized carbons (Fsp3) is 0.517. The van der Waals surface area contributed by atoms with Crippen LogP contribution in [0.1, 0.15) is 70.0 Å². The van der Waals surface area contributed by atoms with E-state index >= 15 is 0 Å². The number of benzene rings is 2. The Kier molecular flexibility index (Phi) is 9.25. The summed E-state index contributed by atoms with van der Waals surface area (Å²) in [6.45, 7) is 6.74. The minimum absolute atomic E-state index is 0.140. The topological polar surface area (TPSA) is 72.2 Å². The number of ketones is 1. The Morgan fingerprint density at radius 3 is 2.27 bits per heavy atom. The minimum Gasteiger partial charge on any atom is -0.348 e. The van der Waals surface area contributed by atoms with Gasteiger partial charge >= 0.3 is 0 Å². The number of hydrogen-bond donors (Lipinski definition) is 2. The Morgan fingerprint density at radius 1 is 1.00 bits per heavy atom. The highest BCUT2D eigenvalue weighted by Crippen LogP contribution is 2.39.